The lowest BCUT2D eigenvalue weighted by atomic mass is 9.83. The quantitative estimate of drug-likeness (QED) is 0.204. The third-order valence-electron chi connectivity index (χ3n) is 11.0. The number of hydrogen-bond acceptors (Lipinski definition) is 11. The van der Waals surface area contributed by atoms with Gasteiger partial charge in [0.25, 0.3) is 0 Å². The van der Waals surface area contributed by atoms with Crippen molar-refractivity contribution in [3.63, 3.8) is 0 Å². The van der Waals surface area contributed by atoms with Crippen LogP contribution in [0.5, 0.6) is 5.75 Å². The number of anilines is 1. The highest BCUT2D eigenvalue weighted by Crippen LogP contribution is 2.49. The summed E-state index contributed by atoms with van der Waals surface area (Å²) in [4.78, 5) is 57.3. The molecule has 0 saturated carbocycles. The molecule has 15 heteroatoms. The number of halogens is 1. The molecule has 3 aliphatic rings. The van der Waals surface area contributed by atoms with Crippen molar-refractivity contribution in [1.29, 1.82) is 0 Å². The molecule has 318 valence electrons. The fraction of sp³-hybridized carbons (Fsp3) is 0.667. The van der Waals surface area contributed by atoms with Gasteiger partial charge in [0.2, 0.25) is 11.8 Å². The maximum Gasteiger partial charge on any atom is 0.409 e. The van der Waals surface area contributed by atoms with Crippen molar-refractivity contribution >= 4 is 52.9 Å². The lowest BCUT2D eigenvalue weighted by Crippen LogP contribution is -2.63. The normalized spacial score (nSPS) is 30.5. The van der Waals surface area contributed by atoms with Crippen LogP contribution in [-0.4, -0.2) is 113 Å². The molecule has 0 aliphatic carbocycles. The Balaban J connectivity index is 1.69. The molecule has 8 atom stereocenters. The molecule has 2 fully saturated rings. The molecule has 13 nitrogen and oxygen atoms in total. The minimum Gasteiger partial charge on any atom is -0.495 e. The van der Waals surface area contributed by atoms with Crippen LogP contribution in [0, 0.1) is 5.92 Å². The Morgan fingerprint density at radius 3 is 2.47 bits per heavy atom. The minimum atomic E-state index is -1.83. The Kier molecular flexibility index (Phi) is 14.6. The van der Waals surface area contributed by atoms with E-state index in [4.69, 9.17) is 35.3 Å². The monoisotopic (exact) mass is 835 g/mol. The number of amides is 3. The predicted octanol–water partition coefficient (Wildman–Crippen LogP) is 6.61. The van der Waals surface area contributed by atoms with E-state index in [0.29, 0.717) is 24.3 Å². The molecule has 4 rings (SSSR count). The number of aliphatic hydroxyl groups is 1. The van der Waals surface area contributed by atoms with E-state index in [9.17, 15) is 24.3 Å². The van der Waals surface area contributed by atoms with Gasteiger partial charge in [0.15, 0.2) is 5.72 Å². The van der Waals surface area contributed by atoms with Crippen LogP contribution in [0.15, 0.2) is 35.9 Å². The summed E-state index contributed by atoms with van der Waals surface area (Å²) in [5.41, 5.74) is -0.908. The summed E-state index contributed by atoms with van der Waals surface area (Å²) in [5, 5.41) is 14.5. The zero-order valence-electron chi connectivity index (χ0n) is 35.7. The number of benzene rings is 1. The molecule has 57 heavy (non-hydrogen) atoms. The van der Waals surface area contributed by atoms with Crippen LogP contribution in [0.1, 0.15) is 93.6 Å². The van der Waals surface area contributed by atoms with Gasteiger partial charge in [-0.05, 0) is 51.3 Å². The standard InChI is InChI=1S/C42H62ClN3O10S/c1-24-15-14-16-31(53-13)42(51)23-30(54-38(50)44-42)25(2)36-41(9,56-36)32(22-34(48)46(11)28-20-27(19-24)21-29(52-12)35(28)43)55-37(49)26(3)45(10)33(47)17-18-40(7,8)57-39(4,5)6/h14-16,20-21,25-26,30-32,36,51H,17-19,22-23H2,1-13H3,(H,44,50)/b16-14+,24-15+/t25-,26+,30+,31-,32+,36+,41?,42+/m1/s1. The summed E-state index contributed by atoms with van der Waals surface area (Å²) in [5.74, 6) is -1.50. The number of ether oxygens (including phenoxy) is 5. The van der Waals surface area contributed by atoms with Crippen molar-refractivity contribution in [3.05, 3.63) is 46.5 Å². The lowest BCUT2D eigenvalue weighted by molar-refractivity contribution is -0.162. The molecule has 4 bridgehead atoms. The fourth-order valence-electron chi connectivity index (χ4n) is 7.68. The Morgan fingerprint density at radius 2 is 1.86 bits per heavy atom. The van der Waals surface area contributed by atoms with E-state index in [-0.39, 0.29) is 39.7 Å². The first-order chi connectivity index (χ1) is 26.3. The van der Waals surface area contributed by atoms with E-state index >= 15 is 0 Å². The van der Waals surface area contributed by atoms with Gasteiger partial charge < -0.3 is 38.6 Å². The molecule has 0 radical (unpaired) electrons. The first kappa shape index (κ1) is 46.4. The second kappa shape index (κ2) is 17.9. The zero-order valence-corrected chi connectivity index (χ0v) is 37.3. The highest BCUT2D eigenvalue weighted by Gasteiger charge is 2.64. The summed E-state index contributed by atoms with van der Waals surface area (Å²) in [6, 6.07) is 2.62. The van der Waals surface area contributed by atoms with E-state index in [1.807, 2.05) is 19.9 Å². The molecule has 1 aromatic carbocycles. The van der Waals surface area contributed by atoms with E-state index in [1.165, 1.54) is 24.0 Å². The van der Waals surface area contributed by atoms with Gasteiger partial charge in [-0.15, -0.1) is 11.8 Å². The maximum absolute atomic E-state index is 14.2. The minimum absolute atomic E-state index is 0.0109. The number of hydrogen-bond donors (Lipinski definition) is 2. The lowest BCUT2D eigenvalue weighted by Gasteiger charge is -2.42. The molecule has 1 unspecified atom stereocenters. The first-order valence-corrected chi connectivity index (χ1v) is 20.6. The maximum atomic E-state index is 14.2. The average molecular weight is 836 g/mol. The molecule has 3 heterocycles. The van der Waals surface area contributed by atoms with Gasteiger partial charge in [0.05, 0.1) is 25.3 Å². The number of carbonyl (C=O) groups is 4. The van der Waals surface area contributed by atoms with Crippen molar-refractivity contribution in [1.82, 2.24) is 10.2 Å². The predicted molar refractivity (Wildman–Crippen MR) is 222 cm³/mol. The van der Waals surface area contributed by atoms with E-state index in [2.05, 4.69) is 39.9 Å². The molecule has 3 amide bonds. The highest BCUT2D eigenvalue weighted by molar-refractivity contribution is 8.01. The third-order valence-corrected chi connectivity index (χ3v) is 12.8. The zero-order chi connectivity index (χ0) is 42.8. The Bertz CT molecular complexity index is 1750. The number of carbonyl (C=O) groups excluding carboxylic acids is 4. The molecule has 3 aliphatic heterocycles. The van der Waals surface area contributed by atoms with Crippen molar-refractivity contribution in [2.24, 2.45) is 5.92 Å². The second-order valence-electron chi connectivity index (χ2n) is 17.4. The number of rotatable bonds is 9. The summed E-state index contributed by atoms with van der Waals surface area (Å²) >= 11 is 8.59. The third kappa shape index (κ3) is 11.3. The molecular weight excluding hydrogens is 774 g/mol. The number of esters is 1. The topological polar surface area (TPSA) is 156 Å². The Labute approximate surface area is 347 Å². The van der Waals surface area contributed by atoms with E-state index in [0.717, 1.165) is 11.1 Å². The largest absolute Gasteiger partial charge is 0.495 e. The van der Waals surface area contributed by atoms with Crippen molar-refractivity contribution in [2.45, 2.75) is 146 Å². The Hall–Kier alpha value is -3.30. The first-order valence-electron chi connectivity index (χ1n) is 19.4. The van der Waals surface area contributed by atoms with Crippen LogP contribution in [-0.2, 0) is 39.8 Å². The van der Waals surface area contributed by atoms with Gasteiger partial charge in [0, 0.05) is 49.5 Å². The molecule has 1 aromatic rings. The van der Waals surface area contributed by atoms with E-state index in [1.54, 1.807) is 64.0 Å². The van der Waals surface area contributed by atoms with Crippen LogP contribution in [0.3, 0.4) is 0 Å². The number of thioether (sulfide) groups is 1. The van der Waals surface area contributed by atoms with Crippen LogP contribution in [0.4, 0.5) is 10.5 Å². The van der Waals surface area contributed by atoms with E-state index < -0.39 is 65.7 Å². The number of epoxide rings is 1. The molecular formula is C42H62ClN3O10S. The van der Waals surface area contributed by atoms with Gasteiger partial charge in [-0.25, -0.2) is 9.59 Å². The number of nitrogens with one attached hydrogen (secondary N) is 1. The summed E-state index contributed by atoms with van der Waals surface area (Å²) in [6.45, 7) is 17.7. The van der Waals surface area contributed by atoms with Crippen molar-refractivity contribution < 1.29 is 48.0 Å². The van der Waals surface area contributed by atoms with Crippen molar-refractivity contribution in [2.75, 3.05) is 33.2 Å². The SMILES string of the molecule is COc1cc2cc(c1Cl)N(C)C(=O)C[C@H](OC(=O)[C@H](C)N(C)C(=O)CCC(C)(C)SC(C)(C)C)C1(C)O[C@H]1[C@H](C)[C@@H]1C[C@@](O)(NC(=O)O1)[C@H](OC)/C=C/C=C(\C)C2. The fourth-order valence-corrected chi connectivity index (χ4v) is 9.86. The van der Waals surface area contributed by atoms with Gasteiger partial charge in [0.1, 0.15) is 40.7 Å². The highest BCUT2D eigenvalue weighted by atomic mass is 35.5. The van der Waals surface area contributed by atoms with Crippen LogP contribution in [0.25, 0.3) is 0 Å². The van der Waals surface area contributed by atoms with Crippen LogP contribution >= 0.6 is 23.4 Å². The van der Waals surface area contributed by atoms with Crippen LogP contribution in [0.2, 0.25) is 5.02 Å². The van der Waals surface area contributed by atoms with Gasteiger partial charge in [-0.1, -0.05) is 76.9 Å². The number of nitrogens with zero attached hydrogens (tertiary/aromatic N) is 2. The number of methoxy groups -OCH3 is 2. The van der Waals surface area contributed by atoms with Gasteiger partial charge in [-0.3, -0.25) is 14.9 Å². The Morgan fingerprint density at radius 1 is 1.19 bits per heavy atom. The molecule has 2 N–H and O–H groups in total. The molecule has 0 spiro atoms. The summed E-state index contributed by atoms with van der Waals surface area (Å²) in [7, 11) is 6.09. The number of likely N-dealkylation sites (N-methyl/N-ethyl adjacent to an activating group) is 1. The summed E-state index contributed by atoms with van der Waals surface area (Å²) < 4.78 is 29.3. The summed E-state index contributed by atoms with van der Waals surface area (Å²) in [6.07, 6.45) is 1.80. The number of fused-ring (bicyclic) bond motifs is 5. The second-order valence-corrected chi connectivity index (χ2v) is 20.3. The average Bonchev–Trinajstić information content (AvgIpc) is 3.81. The van der Waals surface area contributed by atoms with Crippen LogP contribution < -0.4 is 15.0 Å². The number of allylic oxidation sites excluding steroid dienone is 3. The van der Waals surface area contributed by atoms with Crippen molar-refractivity contribution in [3.8, 4) is 5.75 Å². The van der Waals surface area contributed by atoms with Gasteiger partial charge in [-0.2, -0.15) is 0 Å². The number of alkyl carbamates (subject to hydrolysis) is 1. The molecule has 2 saturated heterocycles. The molecule has 0 aromatic heterocycles. The van der Waals surface area contributed by atoms with Gasteiger partial charge >= 0.3 is 12.1 Å². The smallest absolute Gasteiger partial charge is 0.409 e.